The summed E-state index contributed by atoms with van der Waals surface area (Å²) >= 11 is 6.37. The highest BCUT2D eigenvalue weighted by molar-refractivity contribution is 6.33. The molecule has 0 bridgehead atoms. The number of nitrogens with one attached hydrogen (secondary N) is 1. The molecule has 3 aromatic rings. The van der Waals surface area contributed by atoms with Crippen LogP contribution in [0.5, 0.6) is 11.5 Å². The number of methoxy groups -OCH3 is 1. The van der Waals surface area contributed by atoms with Crippen LogP contribution < -0.4 is 14.8 Å². The molecule has 0 aliphatic carbocycles. The van der Waals surface area contributed by atoms with E-state index in [4.69, 9.17) is 21.1 Å². The van der Waals surface area contributed by atoms with Gasteiger partial charge in [-0.1, -0.05) is 29.8 Å². The molecule has 2 aromatic carbocycles. The van der Waals surface area contributed by atoms with Gasteiger partial charge in [-0.15, -0.1) is 0 Å². The van der Waals surface area contributed by atoms with Gasteiger partial charge in [-0.05, 0) is 36.8 Å². The van der Waals surface area contributed by atoms with Crippen LogP contribution in [0.25, 0.3) is 0 Å². The molecule has 1 amide bonds. The summed E-state index contributed by atoms with van der Waals surface area (Å²) in [6.45, 7) is 2.65. The van der Waals surface area contributed by atoms with Gasteiger partial charge in [0.1, 0.15) is 29.1 Å². The maximum atomic E-state index is 13.1. The molecule has 29 heavy (non-hydrogen) atoms. The Bertz CT molecular complexity index is 989. The molecule has 0 aliphatic heterocycles. The third-order valence-corrected chi connectivity index (χ3v) is 4.62. The molecule has 0 saturated heterocycles. The lowest BCUT2D eigenvalue weighted by Gasteiger charge is -2.09. The van der Waals surface area contributed by atoms with Gasteiger partial charge in [-0.2, -0.15) is 5.10 Å². The fraction of sp³-hybridized carbons (Fsp3) is 0.238. The highest BCUT2D eigenvalue weighted by Crippen LogP contribution is 2.21. The summed E-state index contributed by atoms with van der Waals surface area (Å²) in [5, 5.41) is 7.34. The van der Waals surface area contributed by atoms with Gasteiger partial charge < -0.3 is 14.8 Å². The monoisotopic (exact) mass is 417 g/mol. The zero-order valence-electron chi connectivity index (χ0n) is 16.1. The zero-order valence-corrected chi connectivity index (χ0v) is 16.9. The molecule has 0 radical (unpaired) electrons. The van der Waals surface area contributed by atoms with Crippen molar-refractivity contribution < 1.29 is 18.7 Å². The Balaban J connectivity index is 1.57. The van der Waals surface area contributed by atoms with Gasteiger partial charge in [0, 0.05) is 6.07 Å². The number of ether oxygens (including phenoxy) is 2. The van der Waals surface area contributed by atoms with E-state index < -0.39 is 0 Å². The van der Waals surface area contributed by atoms with E-state index in [2.05, 4.69) is 10.4 Å². The molecule has 0 saturated carbocycles. The second-order valence-electron chi connectivity index (χ2n) is 6.32. The van der Waals surface area contributed by atoms with Crippen LogP contribution in [0.4, 0.5) is 4.39 Å². The van der Waals surface area contributed by atoms with Crippen molar-refractivity contribution in [3.63, 3.8) is 0 Å². The molecule has 0 aliphatic rings. The number of aryl methyl sites for hydroxylation is 1. The first kappa shape index (κ1) is 20.7. The number of benzene rings is 2. The van der Waals surface area contributed by atoms with Crippen molar-refractivity contribution in [2.45, 2.75) is 13.5 Å². The number of halogens is 2. The Morgan fingerprint density at radius 3 is 2.66 bits per heavy atom. The van der Waals surface area contributed by atoms with Crippen LogP contribution in [0.2, 0.25) is 5.15 Å². The Hall–Kier alpha value is -3.06. The summed E-state index contributed by atoms with van der Waals surface area (Å²) in [7, 11) is 1.58. The Labute approximate surface area is 173 Å². The minimum absolute atomic E-state index is 0.234. The smallest absolute Gasteiger partial charge is 0.256 e. The molecule has 1 N–H and O–H groups in total. The Morgan fingerprint density at radius 2 is 1.93 bits per heavy atom. The third-order valence-electron chi connectivity index (χ3n) is 4.24. The lowest BCUT2D eigenvalue weighted by Crippen LogP contribution is -2.28. The molecule has 8 heteroatoms. The minimum Gasteiger partial charge on any atom is -0.497 e. The van der Waals surface area contributed by atoms with Gasteiger partial charge in [0.25, 0.3) is 5.91 Å². The zero-order chi connectivity index (χ0) is 20.8. The maximum Gasteiger partial charge on any atom is 0.256 e. The van der Waals surface area contributed by atoms with E-state index in [0.717, 1.165) is 5.56 Å². The maximum absolute atomic E-state index is 13.1. The van der Waals surface area contributed by atoms with Crippen LogP contribution in [0.1, 0.15) is 21.6 Å². The second-order valence-corrected chi connectivity index (χ2v) is 6.68. The van der Waals surface area contributed by atoms with E-state index in [1.165, 1.54) is 16.8 Å². The predicted octanol–water partition coefficient (Wildman–Crippen LogP) is 3.85. The van der Waals surface area contributed by atoms with Crippen molar-refractivity contribution in [1.29, 1.82) is 0 Å². The first-order chi connectivity index (χ1) is 14.0. The summed E-state index contributed by atoms with van der Waals surface area (Å²) in [4.78, 5) is 12.5. The normalized spacial score (nSPS) is 10.6. The van der Waals surface area contributed by atoms with E-state index in [0.29, 0.717) is 42.5 Å². The van der Waals surface area contributed by atoms with Crippen LogP contribution in [-0.4, -0.2) is 35.9 Å². The molecule has 1 aromatic heterocycles. The van der Waals surface area contributed by atoms with E-state index >= 15 is 0 Å². The predicted molar refractivity (Wildman–Crippen MR) is 108 cm³/mol. The molecule has 0 atom stereocenters. The van der Waals surface area contributed by atoms with Gasteiger partial charge in [0.05, 0.1) is 31.5 Å². The molecule has 1 heterocycles. The molecule has 0 unspecified atom stereocenters. The van der Waals surface area contributed by atoms with E-state index in [-0.39, 0.29) is 16.9 Å². The van der Waals surface area contributed by atoms with Gasteiger partial charge >= 0.3 is 0 Å². The second kappa shape index (κ2) is 9.43. The van der Waals surface area contributed by atoms with Gasteiger partial charge in [0.15, 0.2) is 0 Å². The number of rotatable bonds is 8. The topological polar surface area (TPSA) is 65.4 Å². The van der Waals surface area contributed by atoms with E-state index in [1.807, 2.05) is 18.2 Å². The lowest BCUT2D eigenvalue weighted by molar-refractivity contribution is 0.0946. The number of hydrogen-bond acceptors (Lipinski definition) is 4. The Morgan fingerprint density at radius 1 is 1.21 bits per heavy atom. The fourth-order valence-corrected chi connectivity index (χ4v) is 3.11. The van der Waals surface area contributed by atoms with Gasteiger partial charge in [0.2, 0.25) is 0 Å². The number of carbonyl (C=O) groups is 1. The lowest BCUT2D eigenvalue weighted by atomic mass is 10.2. The van der Waals surface area contributed by atoms with Crippen LogP contribution in [0.15, 0.2) is 48.5 Å². The van der Waals surface area contributed by atoms with Crippen molar-refractivity contribution in [3.8, 4) is 11.5 Å². The van der Waals surface area contributed by atoms with Crippen LogP contribution >= 0.6 is 11.6 Å². The highest BCUT2D eigenvalue weighted by Gasteiger charge is 2.20. The fourth-order valence-electron chi connectivity index (χ4n) is 2.79. The number of aromatic nitrogens is 2. The Kier molecular flexibility index (Phi) is 6.72. The molecule has 152 valence electrons. The van der Waals surface area contributed by atoms with Crippen LogP contribution in [0, 0.1) is 12.7 Å². The standard InChI is InChI=1S/C21H21ClFN3O3/c1-14-19(20(22)26(25-14)13-15-6-8-16(23)9-7-15)21(27)24-10-11-29-18-5-3-4-17(12-18)28-2/h3-9,12H,10-11,13H2,1-2H3,(H,24,27). The van der Waals surface area contributed by atoms with Crippen molar-refractivity contribution in [1.82, 2.24) is 15.1 Å². The molecular formula is C21H21ClFN3O3. The van der Waals surface area contributed by atoms with Crippen molar-refractivity contribution in [2.24, 2.45) is 0 Å². The minimum atomic E-state index is -0.327. The SMILES string of the molecule is COc1cccc(OCCNC(=O)c2c(C)nn(Cc3ccc(F)cc3)c2Cl)c1. The number of amides is 1. The summed E-state index contributed by atoms with van der Waals surface area (Å²) in [5.41, 5.74) is 1.66. The summed E-state index contributed by atoms with van der Waals surface area (Å²) < 4.78 is 25.3. The van der Waals surface area contributed by atoms with Crippen LogP contribution in [0.3, 0.4) is 0 Å². The summed E-state index contributed by atoms with van der Waals surface area (Å²) in [6.07, 6.45) is 0. The van der Waals surface area contributed by atoms with E-state index in [1.54, 1.807) is 32.2 Å². The first-order valence-electron chi connectivity index (χ1n) is 9.00. The average Bonchev–Trinajstić information content (AvgIpc) is 3.00. The number of hydrogen-bond donors (Lipinski definition) is 1. The van der Waals surface area contributed by atoms with Gasteiger partial charge in [-0.3, -0.25) is 4.79 Å². The van der Waals surface area contributed by atoms with Crippen molar-refractivity contribution in [3.05, 3.63) is 76.3 Å². The average molecular weight is 418 g/mol. The number of nitrogens with zero attached hydrogens (tertiary/aromatic N) is 2. The van der Waals surface area contributed by atoms with Crippen molar-refractivity contribution in [2.75, 3.05) is 20.3 Å². The molecule has 6 nitrogen and oxygen atoms in total. The summed E-state index contributed by atoms with van der Waals surface area (Å²) in [6, 6.07) is 13.3. The van der Waals surface area contributed by atoms with E-state index in [9.17, 15) is 9.18 Å². The van der Waals surface area contributed by atoms with Crippen LogP contribution in [-0.2, 0) is 6.54 Å². The van der Waals surface area contributed by atoms with Crippen molar-refractivity contribution >= 4 is 17.5 Å². The largest absolute Gasteiger partial charge is 0.497 e. The molecule has 0 fully saturated rings. The molecule has 0 spiro atoms. The quantitative estimate of drug-likeness (QED) is 0.565. The molecule has 3 rings (SSSR count). The summed E-state index contributed by atoms with van der Waals surface area (Å²) in [5.74, 6) is 0.710. The van der Waals surface area contributed by atoms with Gasteiger partial charge in [-0.25, -0.2) is 9.07 Å². The molecular weight excluding hydrogens is 397 g/mol. The highest BCUT2D eigenvalue weighted by atomic mass is 35.5. The first-order valence-corrected chi connectivity index (χ1v) is 9.38. The third kappa shape index (κ3) is 5.26. The number of carbonyl (C=O) groups excluding carboxylic acids is 1.